The molecule has 0 saturated carbocycles. The Hall–Kier alpha value is -1.39. The Morgan fingerprint density at radius 3 is 2.28 bits per heavy atom. The second-order valence-corrected chi connectivity index (χ2v) is 9.67. The molecule has 4 N–H and O–H groups in total. The summed E-state index contributed by atoms with van der Waals surface area (Å²) in [4.78, 5) is 12.1. The first kappa shape index (κ1) is 25.6. The maximum absolute atomic E-state index is 12.1. The first-order valence-electron chi connectivity index (χ1n) is 11.4. The van der Waals surface area contributed by atoms with E-state index in [9.17, 15) is 9.90 Å². The molecular weight excluding hydrogens is 360 g/mol. The van der Waals surface area contributed by atoms with Crippen molar-refractivity contribution >= 4 is 5.91 Å². The van der Waals surface area contributed by atoms with E-state index >= 15 is 0 Å². The summed E-state index contributed by atoms with van der Waals surface area (Å²) in [7, 11) is 0. The zero-order valence-electron chi connectivity index (χ0n) is 19.5. The van der Waals surface area contributed by atoms with Crippen molar-refractivity contribution in [1.29, 1.82) is 0 Å². The summed E-state index contributed by atoms with van der Waals surface area (Å²) >= 11 is 0. The Morgan fingerprint density at radius 1 is 1.14 bits per heavy atom. The zero-order chi connectivity index (χ0) is 22.0. The minimum absolute atomic E-state index is 0.00989. The van der Waals surface area contributed by atoms with E-state index in [4.69, 9.17) is 5.73 Å². The predicted molar refractivity (Wildman–Crippen MR) is 123 cm³/mol. The summed E-state index contributed by atoms with van der Waals surface area (Å²) in [5.41, 5.74) is 9.13. The van der Waals surface area contributed by atoms with E-state index in [0.717, 1.165) is 32.1 Å². The molecule has 4 heteroatoms. The average Bonchev–Trinajstić information content (AvgIpc) is 2.66. The van der Waals surface area contributed by atoms with E-state index in [1.54, 1.807) is 0 Å². The third-order valence-electron chi connectivity index (χ3n) is 5.89. The van der Waals surface area contributed by atoms with Crippen molar-refractivity contribution in [3.63, 3.8) is 0 Å². The first-order chi connectivity index (χ1) is 13.6. The van der Waals surface area contributed by atoms with Gasteiger partial charge in [-0.1, -0.05) is 78.6 Å². The average molecular weight is 405 g/mol. The molecule has 1 rings (SSSR count). The van der Waals surface area contributed by atoms with E-state index in [1.165, 1.54) is 11.1 Å². The fourth-order valence-electron chi connectivity index (χ4n) is 3.62. The van der Waals surface area contributed by atoms with Crippen LogP contribution in [0, 0.1) is 11.8 Å². The number of aliphatic hydroxyl groups is 1. The van der Waals surface area contributed by atoms with Crippen LogP contribution in [-0.2, 0) is 16.6 Å². The molecule has 166 valence electrons. The lowest BCUT2D eigenvalue weighted by Crippen LogP contribution is -2.40. The van der Waals surface area contributed by atoms with Gasteiger partial charge >= 0.3 is 0 Å². The molecule has 1 aromatic carbocycles. The summed E-state index contributed by atoms with van der Waals surface area (Å²) in [6.07, 6.45) is 4.55. The standard InChI is InChI=1S/C25H44N2O2/c1-7-9-14-27-24(29)18(3)15-23(28)22(26)17-19(8-2)16-20-10-12-21(13-11-20)25(4,5)6/h10-13,18-19,22-23,28H,7-9,14-17,26H2,1-6H3,(H,27,29)/t18?,19-,22-,23-/m0/s1. The van der Waals surface area contributed by atoms with Gasteiger partial charge in [-0.15, -0.1) is 0 Å². The molecule has 1 aromatic rings. The van der Waals surface area contributed by atoms with Crippen LogP contribution in [0.1, 0.15) is 84.8 Å². The van der Waals surface area contributed by atoms with Gasteiger partial charge in [0.05, 0.1) is 6.10 Å². The van der Waals surface area contributed by atoms with Crippen LogP contribution in [0.4, 0.5) is 0 Å². The summed E-state index contributed by atoms with van der Waals surface area (Å²) in [5.74, 6) is 0.211. The Bertz CT molecular complexity index is 592. The number of hydrogen-bond acceptors (Lipinski definition) is 3. The van der Waals surface area contributed by atoms with Crippen molar-refractivity contribution < 1.29 is 9.90 Å². The predicted octanol–water partition coefficient (Wildman–Crippen LogP) is 4.57. The second-order valence-electron chi connectivity index (χ2n) is 9.67. The lowest BCUT2D eigenvalue weighted by Gasteiger charge is -2.26. The minimum atomic E-state index is -0.653. The van der Waals surface area contributed by atoms with Gasteiger partial charge in [0.25, 0.3) is 0 Å². The molecule has 29 heavy (non-hydrogen) atoms. The molecule has 0 aromatic heterocycles. The van der Waals surface area contributed by atoms with Gasteiger partial charge in [0.2, 0.25) is 5.91 Å². The van der Waals surface area contributed by atoms with Gasteiger partial charge in [-0.2, -0.15) is 0 Å². The molecule has 1 amide bonds. The summed E-state index contributed by atoms with van der Waals surface area (Å²) in [5, 5.41) is 13.5. The number of nitrogens with one attached hydrogen (secondary N) is 1. The van der Waals surface area contributed by atoms with E-state index in [0.29, 0.717) is 18.9 Å². The fraction of sp³-hybridized carbons (Fsp3) is 0.720. The molecule has 0 aliphatic rings. The molecule has 1 unspecified atom stereocenters. The summed E-state index contributed by atoms with van der Waals surface area (Å²) in [6, 6.07) is 8.56. The summed E-state index contributed by atoms with van der Waals surface area (Å²) < 4.78 is 0. The number of hydrogen-bond donors (Lipinski definition) is 3. The largest absolute Gasteiger partial charge is 0.391 e. The number of rotatable bonds is 12. The molecule has 0 bridgehead atoms. The summed E-state index contributed by atoms with van der Waals surface area (Å²) in [6.45, 7) is 13.5. The normalized spacial score (nSPS) is 16.1. The van der Waals surface area contributed by atoms with Crippen molar-refractivity contribution in [2.24, 2.45) is 17.6 Å². The molecule has 0 aliphatic carbocycles. The number of unbranched alkanes of at least 4 members (excludes halogenated alkanes) is 1. The smallest absolute Gasteiger partial charge is 0.222 e. The fourth-order valence-corrected chi connectivity index (χ4v) is 3.62. The van der Waals surface area contributed by atoms with E-state index in [-0.39, 0.29) is 23.3 Å². The Labute approximate surface area is 178 Å². The van der Waals surface area contributed by atoms with Crippen molar-refractivity contribution in [2.75, 3.05) is 6.54 Å². The van der Waals surface area contributed by atoms with Gasteiger partial charge < -0.3 is 16.2 Å². The topological polar surface area (TPSA) is 75.3 Å². The number of aliphatic hydroxyl groups excluding tert-OH is 1. The molecule has 0 radical (unpaired) electrons. The van der Waals surface area contributed by atoms with E-state index in [2.05, 4.69) is 64.2 Å². The Morgan fingerprint density at radius 2 is 1.76 bits per heavy atom. The second kappa shape index (κ2) is 12.3. The highest BCUT2D eigenvalue weighted by molar-refractivity contribution is 5.78. The number of amides is 1. The van der Waals surface area contributed by atoms with Crippen molar-refractivity contribution in [3.8, 4) is 0 Å². The van der Waals surface area contributed by atoms with Crippen LogP contribution in [0.2, 0.25) is 0 Å². The quantitative estimate of drug-likeness (QED) is 0.447. The van der Waals surface area contributed by atoms with Gasteiger partial charge in [0.1, 0.15) is 0 Å². The third kappa shape index (κ3) is 9.31. The lowest BCUT2D eigenvalue weighted by molar-refractivity contribution is -0.125. The van der Waals surface area contributed by atoms with Crippen molar-refractivity contribution in [2.45, 2.75) is 97.6 Å². The van der Waals surface area contributed by atoms with E-state index < -0.39 is 6.10 Å². The van der Waals surface area contributed by atoms with E-state index in [1.807, 2.05) is 6.92 Å². The Balaban J connectivity index is 2.54. The lowest BCUT2D eigenvalue weighted by atomic mass is 9.84. The Kier molecular flexibility index (Phi) is 10.9. The molecule has 4 atom stereocenters. The molecule has 0 aliphatic heterocycles. The SMILES string of the molecule is CCCCNC(=O)C(C)C[C@H](O)[C@@H](N)C[C@@H](CC)Cc1ccc(C(C)(C)C)cc1. The van der Waals surface area contributed by atoms with Crippen LogP contribution in [-0.4, -0.2) is 29.7 Å². The highest BCUT2D eigenvalue weighted by Gasteiger charge is 2.24. The van der Waals surface area contributed by atoms with Gasteiger partial charge in [0, 0.05) is 18.5 Å². The third-order valence-corrected chi connectivity index (χ3v) is 5.89. The number of benzene rings is 1. The molecule has 4 nitrogen and oxygen atoms in total. The van der Waals surface area contributed by atoms with Gasteiger partial charge in [0.15, 0.2) is 0 Å². The molecule has 0 heterocycles. The minimum Gasteiger partial charge on any atom is -0.391 e. The maximum atomic E-state index is 12.1. The number of carbonyl (C=O) groups is 1. The number of nitrogens with two attached hydrogens (primary N) is 1. The number of carbonyl (C=O) groups excluding carboxylic acids is 1. The van der Waals surface area contributed by atoms with Crippen LogP contribution in [0.15, 0.2) is 24.3 Å². The van der Waals surface area contributed by atoms with Crippen LogP contribution >= 0.6 is 0 Å². The van der Waals surface area contributed by atoms with Crippen LogP contribution in [0.5, 0.6) is 0 Å². The molecule has 0 fully saturated rings. The van der Waals surface area contributed by atoms with Gasteiger partial charge in [-0.25, -0.2) is 0 Å². The maximum Gasteiger partial charge on any atom is 0.222 e. The highest BCUT2D eigenvalue weighted by atomic mass is 16.3. The zero-order valence-corrected chi connectivity index (χ0v) is 19.5. The van der Waals surface area contributed by atoms with Crippen LogP contribution in [0.25, 0.3) is 0 Å². The molecule has 0 spiro atoms. The first-order valence-corrected chi connectivity index (χ1v) is 11.4. The molecular formula is C25H44N2O2. The molecule has 0 saturated heterocycles. The van der Waals surface area contributed by atoms with Crippen LogP contribution in [0.3, 0.4) is 0 Å². The van der Waals surface area contributed by atoms with Crippen LogP contribution < -0.4 is 11.1 Å². The monoisotopic (exact) mass is 404 g/mol. The highest BCUT2D eigenvalue weighted by Crippen LogP contribution is 2.25. The van der Waals surface area contributed by atoms with Gasteiger partial charge in [-0.3, -0.25) is 4.79 Å². The van der Waals surface area contributed by atoms with Crippen molar-refractivity contribution in [3.05, 3.63) is 35.4 Å². The van der Waals surface area contributed by atoms with Crippen molar-refractivity contribution in [1.82, 2.24) is 5.32 Å². The van der Waals surface area contributed by atoms with Gasteiger partial charge in [-0.05, 0) is 48.1 Å².